The average Bonchev–Trinajstić information content (AvgIpc) is 2.56. The third kappa shape index (κ3) is 3.08. The third-order valence-corrected chi connectivity index (χ3v) is 2.94. The van der Waals surface area contributed by atoms with Gasteiger partial charge in [0.2, 0.25) is 0 Å². The van der Waals surface area contributed by atoms with E-state index in [0.717, 1.165) is 31.7 Å². The summed E-state index contributed by atoms with van der Waals surface area (Å²) in [6.07, 6.45) is 1.40. The predicted octanol–water partition coefficient (Wildman–Crippen LogP) is 4.39. The van der Waals surface area contributed by atoms with Crippen LogP contribution in [0.3, 0.4) is 0 Å². The highest BCUT2D eigenvalue weighted by Crippen LogP contribution is 2.33. The molecule has 0 saturated carbocycles. The van der Waals surface area contributed by atoms with Gasteiger partial charge in [-0.05, 0) is 43.2 Å². The minimum Gasteiger partial charge on any atom is -0.289 e. The van der Waals surface area contributed by atoms with Crippen molar-refractivity contribution in [3.63, 3.8) is 0 Å². The van der Waals surface area contributed by atoms with Crippen LogP contribution in [0.2, 0.25) is 0 Å². The largest absolute Gasteiger partial charge is 0.416 e. The molecule has 0 radical (unpaired) electrons. The second-order valence-corrected chi connectivity index (χ2v) is 4.26. The molecule has 0 bridgehead atoms. The van der Waals surface area contributed by atoms with E-state index in [1.807, 2.05) is 6.21 Å². The molecule has 0 aromatic heterocycles. The van der Waals surface area contributed by atoms with Crippen LogP contribution in [0.4, 0.5) is 13.2 Å². The summed E-state index contributed by atoms with van der Waals surface area (Å²) in [6.45, 7) is 0. The lowest BCUT2D eigenvalue weighted by Gasteiger charge is -2.13. The first-order chi connectivity index (χ1) is 8.07. The Morgan fingerprint density at radius 1 is 1.18 bits per heavy atom. The Morgan fingerprint density at radius 3 is 2.76 bits per heavy atom. The molecule has 0 fully saturated rings. The van der Waals surface area contributed by atoms with Gasteiger partial charge < -0.3 is 0 Å². The maximum absolute atomic E-state index is 12.6. The lowest BCUT2D eigenvalue weighted by molar-refractivity contribution is -0.137. The van der Waals surface area contributed by atoms with E-state index in [2.05, 4.69) is 4.99 Å². The summed E-state index contributed by atoms with van der Waals surface area (Å²) in [7, 11) is 0. The fraction of sp³-hybridized carbons (Fsp3) is 0.462. The van der Waals surface area contributed by atoms with Gasteiger partial charge in [0.1, 0.15) is 0 Å². The van der Waals surface area contributed by atoms with Crippen molar-refractivity contribution in [3.05, 3.63) is 35.4 Å². The highest BCUT2D eigenvalue weighted by Gasteiger charge is 2.30. The van der Waals surface area contributed by atoms with Crippen LogP contribution in [0.25, 0.3) is 0 Å². The van der Waals surface area contributed by atoms with Gasteiger partial charge >= 0.3 is 6.18 Å². The van der Waals surface area contributed by atoms with Crippen LogP contribution in [-0.4, -0.2) is 6.21 Å². The minimum atomic E-state index is -4.27. The van der Waals surface area contributed by atoms with Gasteiger partial charge in [-0.15, -0.1) is 0 Å². The van der Waals surface area contributed by atoms with Gasteiger partial charge in [0.25, 0.3) is 0 Å². The topological polar surface area (TPSA) is 12.4 Å². The summed E-state index contributed by atoms with van der Waals surface area (Å²) < 4.78 is 37.7. The monoisotopic (exact) mass is 241 g/mol. The predicted molar refractivity (Wildman–Crippen MR) is 61.1 cm³/mol. The molecule has 92 valence electrons. The molecule has 1 aromatic carbocycles. The molecule has 17 heavy (non-hydrogen) atoms. The van der Waals surface area contributed by atoms with Crippen molar-refractivity contribution < 1.29 is 13.2 Å². The van der Waals surface area contributed by atoms with Crippen LogP contribution in [0.5, 0.6) is 0 Å². The SMILES string of the molecule is FC(F)(F)c1cccc(C2CCCCC=N2)c1. The molecular formula is C13H14F3N. The number of hydrogen-bond acceptors (Lipinski definition) is 1. The van der Waals surface area contributed by atoms with Crippen molar-refractivity contribution in [2.75, 3.05) is 0 Å². The van der Waals surface area contributed by atoms with Gasteiger partial charge in [0.05, 0.1) is 11.6 Å². The van der Waals surface area contributed by atoms with Crippen LogP contribution < -0.4 is 0 Å². The van der Waals surface area contributed by atoms with E-state index in [4.69, 9.17) is 0 Å². The molecule has 1 heterocycles. The van der Waals surface area contributed by atoms with E-state index in [1.54, 1.807) is 6.07 Å². The number of alkyl halides is 3. The van der Waals surface area contributed by atoms with Crippen molar-refractivity contribution in [2.24, 2.45) is 4.99 Å². The minimum absolute atomic E-state index is 0.111. The summed E-state index contributed by atoms with van der Waals surface area (Å²) in [4.78, 5) is 4.32. The van der Waals surface area contributed by atoms with E-state index in [-0.39, 0.29) is 6.04 Å². The van der Waals surface area contributed by atoms with Crippen molar-refractivity contribution in [2.45, 2.75) is 37.9 Å². The zero-order valence-corrected chi connectivity index (χ0v) is 9.37. The highest BCUT2D eigenvalue weighted by molar-refractivity contribution is 5.58. The van der Waals surface area contributed by atoms with Gasteiger partial charge in [-0.25, -0.2) is 0 Å². The van der Waals surface area contributed by atoms with E-state index >= 15 is 0 Å². The van der Waals surface area contributed by atoms with Crippen LogP contribution in [0.15, 0.2) is 29.3 Å². The molecule has 0 N–H and O–H groups in total. The van der Waals surface area contributed by atoms with Crippen molar-refractivity contribution >= 4 is 6.21 Å². The van der Waals surface area contributed by atoms with Gasteiger partial charge in [-0.1, -0.05) is 18.6 Å². The Kier molecular flexibility index (Phi) is 3.50. The molecule has 2 rings (SSSR count). The highest BCUT2D eigenvalue weighted by atomic mass is 19.4. The molecule has 1 nitrogen and oxygen atoms in total. The van der Waals surface area contributed by atoms with Gasteiger partial charge in [0, 0.05) is 0 Å². The fourth-order valence-corrected chi connectivity index (χ4v) is 2.02. The number of rotatable bonds is 1. The third-order valence-electron chi connectivity index (χ3n) is 2.94. The number of benzene rings is 1. The van der Waals surface area contributed by atoms with Crippen molar-refractivity contribution in [1.82, 2.24) is 0 Å². The van der Waals surface area contributed by atoms with E-state index in [0.29, 0.717) is 5.56 Å². The molecule has 0 aliphatic carbocycles. The second kappa shape index (κ2) is 4.90. The molecule has 1 aromatic rings. The first kappa shape index (κ1) is 12.1. The van der Waals surface area contributed by atoms with Gasteiger partial charge in [-0.3, -0.25) is 4.99 Å². The number of nitrogens with zero attached hydrogens (tertiary/aromatic N) is 1. The van der Waals surface area contributed by atoms with Crippen LogP contribution in [-0.2, 0) is 6.18 Å². The summed E-state index contributed by atoms with van der Waals surface area (Å²) in [5, 5.41) is 0. The molecule has 1 aliphatic heterocycles. The summed E-state index contributed by atoms with van der Waals surface area (Å²) in [5.74, 6) is 0. The van der Waals surface area contributed by atoms with E-state index in [1.165, 1.54) is 12.1 Å². The second-order valence-electron chi connectivity index (χ2n) is 4.26. The molecule has 4 heteroatoms. The van der Waals surface area contributed by atoms with E-state index in [9.17, 15) is 13.2 Å². The molecule has 1 aliphatic rings. The summed E-state index contributed by atoms with van der Waals surface area (Å²) >= 11 is 0. The summed E-state index contributed by atoms with van der Waals surface area (Å²) in [6, 6.07) is 5.39. The number of halogens is 3. The van der Waals surface area contributed by atoms with Crippen molar-refractivity contribution in [1.29, 1.82) is 0 Å². The quantitative estimate of drug-likeness (QED) is 0.691. The smallest absolute Gasteiger partial charge is 0.289 e. The first-order valence-corrected chi connectivity index (χ1v) is 5.76. The maximum atomic E-state index is 12.6. The van der Waals surface area contributed by atoms with Crippen LogP contribution in [0.1, 0.15) is 42.9 Å². The van der Waals surface area contributed by atoms with Gasteiger partial charge in [-0.2, -0.15) is 13.2 Å². The normalized spacial score (nSPS) is 21.2. The number of hydrogen-bond donors (Lipinski definition) is 0. The lowest BCUT2D eigenvalue weighted by atomic mass is 10.00. The molecular weight excluding hydrogens is 227 g/mol. The first-order valence-electron chi connectivity index (χ1n) is 5.76. The number of aliphatic imine (C=N–C) groups is 1. The van der Waals surface area contributed by atoms with Gasteiger partial charge in [0.15, 0.2) is 0 Å². The molecule has 1 atom stereocenters. The molecule has 1 unspecified atom stereocenters. The Morgan fingerprint density at radius 2 is 2.00 bits per heavy atom. The maximum Gasteiger partial charge on any atom is 0.416 e. The summed E-state index contributed by atoms with van der Waals surface area (Å²) in [5.41, 5.74) is 0.0763. The molecule has 0 saturated heterocycles. The average molecular weight is 241 g/mol. The zero-order chi connectivity index (χ0) is 12.3. The fourth-order valence-electron chi connectivity index (χ4n) is 2.02. The Labute approximate surface area is 98.4 Å². The molecule has 0 spiro atoms. The Balaban J connectivity index is 2.26. The Hall–Kier alpha value is -1.32. The van der Waals surface area contributed by atoms with Crippen molar-refractivity contribution in [3.8, 4) is 0 Å². The molecule has 0 amide bonds. The van der Waals surface area contributed by atoms with Crippen LogP contribution in [0, 0.1) is 0 Å². The lowest BCUT2D eigenvalue weighted by Crippen LogP contribution is -2.06. The zero-order valence-electron chi connectivity index (χ0n) is 9.37. The van der Waals surface area contributed by atoms with Crippen LogP contribution >= 0.6 is 0 Å². The van der Waals surface area contributed by atoms with E-state index < -0.39 is 11.7 Å². The standard InChI is InChI=1S/C13H14F3N/c14-13(15,16)11-6-4-5-10(9-11)12-7-2-1-3-8-17-12/h4-6,8-9,12H,1-3,7H2. The Bertz CT molecular complexity index is 409.